The number of benzene rings is 2. The molecule has 2 fully saturated rings. The highest BCUT2D eigenvalue weighted by atomic mass is 32.2. The van der Waals surface area contributed by atoms with Crippen molar-refractivity contribution in [1.29, 1.82) is 0 Å². The molecule has 0 heterocycles. The Balaban J connectivity index is 1.53. The molecule has 0 bridgehead atoms. The molecule has 6 heteroatoms. The topological polar surface area (TPSA) is 75.6 Å². The quantitative estimate of drug-likeness (QED) is 0.235. The average molecular weight is 580 g/mol. The van der Waals surface area contributed by atoms with Gasteiger partial charge in [-0.25, -0.2) is 4.79 Å². The third kappa shape index (κ3) is 9.61. The summed E-state index contributed by atoms with van der Waals surface area (Å²) in [7, 11) is 0. The largest absolute Gasteiger partial charge is 0.480 e. The summed E-state index contributed by atoms with van der Waals surface area (Å²) in [6.45, 7) is 2.57. The Kier molecular flexibility index (Phi) is 12.6. The van der Waals surface area contributed by atoms with Gasteiger partial charge >= 0.3 is 5.97 Å². The van der Waals surface area contributed by atoms with Crippen LogP contribution in [0.4, 0.5) is 0 Å². The van der Waals surface area contributed by atoms with Gasteiger partial charge in [0, 0.05) is 5.56 Å². The number of hydrogen-bond acceptors (Lipinski definition) is 4. The Hall–Kier alpha value is -2.31. The Morgan fingerprint density at radius 2 is 1.56 bits per heavy atom. The van der Waals surface area contributed by atoms with Gasteiger partial charge in [-0.2, -0.15) is 11.8 Å². The molecule has 0 spiro atoms. The van der Waals surface area contributed by atoms with Crippen LogP contribution in [0, 0.1) is 18.8 Å². The molecule has 5 nitrogen and oxygen atoms in total. The van der Waals surface area contributed by atoms with Crippen LogP contribution in [0.15, 0.2) is 42.5 Å². The van der Waals surface area contributed by atoms with Crippen molar-refractivity contribution in [2.24, 2.45) is 11.8 Å². The number of carboxylic acids is 1. The van der Waals surface area contributed by atoms with E-state index >= 15 is 0 Å². The lowest BCUT2D eigenvalue weighted by Crippen LogP contribution is -2.41. The number of carbonyl (C=O) groups excluding carboxylic acids is 1. The zero-order valence-electron chi connectivity index (χ0n) is 25.0. The molecule has 2 aromatic carbocycles. The summed E-state index contributed by atoms with van der Waals surface area (Å²) in [4.78, 5) is 25.3. The zero-order valence-corrected chi connectivity index (χ0v) is 25.9. The van der Waals surface area contributed by atoms with Crippen LogP contribution in [0.3, 0.4) is 0 Å². The highest BCUT2D eigenvalue weighted by Crippen LogP contribution is 2.34. The predicted molar refractivity (Wildman–Crippen MR) is 169 cm³/mol. The first-order valence-electron chi connectivity index (χ1n) is 15.8. The van der Waals surface area contributed by atoms with Crippen molar-refractivity contribution in [3.8, 4) is 11.1 Å². The van der Waals surface area contributed by atoms with Crippen LogP contribution in [0.2, 0.25) is 0 Å². The fraction of sp³-hybridized carbons (Fsp3) is 0.600. The minimum Gasteiger partial charge on any atom is -0.480 e. The zero-order chi connectivity index (χ0) is 29.0. The van der Waals surface area contributed by atoms with Gasteiger partial charge in [0.1, 0.15) is 6.04 Å². The number of aryl methyl sites for hydroxylation is 1. The molecule has 0 aromatic heterocycles. The predicted octanol–water partition coefficient (Wildman–Crippen LogP) is 8.42. The van der Waals surface area contributed by atoms with E-state index in [0.29, 0.717) is 24.3 Å². The third-order valence-electron chi connectivity index (χ3n) is 9.11. The second-order valence-electron chi connectivity index (χ2n) is 12.3. The lowest BCUT2D eigenvalue weighted by Gasteiger charge is -2.30. The maximum Gasteiger partial charge on any atom is 0.326 e. The molecule has 0 radical (unpaired) electrons. The van der Waals surface area contributed by atoms with Gasteiger partial charge in [-0.05, 0) is 84.4 Å². The summed E-state index contributed by atoms with van der Waals surface area (Å²) in [5.74, 6) is 0.869. The number of aliphatic carboxylic acids is 1. The van der Waals surface area contributed by atoms with E-state index < -0.39 is 12.0 Å². The second-order valence-corrected chi connectivity index (χ2v) is 13.2. The Morgan fingerprint density at radius 3 is 2.15 bits per heavy atom. The van der Waals surface area contributed by atoms with Crippen LogP contribution < -0.4 is 5.32 Å². The summed E-state index contributed by atoms with van der Waals surface area (Å²) in [6, 6.07) is 13.0. The SMILES string of the molecule is CSCC[C@H](NC(=O)c1ccc(COC(CC2CCCCC2)CC2CCCCC2)cc1-c1ccccc1C)C(=O)O. The highest BCUT2D eigenvalue weighted by Gasteiger charge is 2.25. The van der Waals surface area contributed by atoms with Crippen molar-refractivity contribution in [2.75, 3.05) is 12.0 Å². The summed E-state index contributed by atoms with van der Waals surface area (Å²) in [5.41, 5.74) is 4.43. The van der Waals surface area contributed by atoms with Gasteiger partial charge in [0.05, 0.1) is 12.7 Å². The molecule has 1 atom stereocenters. The number of rotatable bonds is 14. The molecule has 2 aliphatic carbocycles. The first-order valence-corrected chi connectivity index (χ1v) is 17.2. The van der Waals surface area contributed by atoms with E-state index in [1.54, 1.807) is 11.8 Å². The molecule has 0 aliphatic heterocycles. The Morgan fingerprint density at radius 1 is 0.927 bits per heavy atom. The molecule has 2 saturated carbocycles. The Labute approximate surface area is 251 Å². The second kappa shape index (κ2) is 16.4. The van der Waals surface area contributed by atoms with Crippen molar-refractivity contribution >= 4 is 23.6 Å². The molecule has 1 amide bonds. The summed E-state index contributed by atoms with van der Waals surface area (Å²) in [6.07, 6.45) is 18.4. The number of carboxylic acid groups (broad SMARTS) is 1. The van der Waals surface area contributed by atoms with Crippen molar-refractivity contribution in [3.63, 3.8) is 0 Å². The first-order chi connectivity index (χ1) is 19.9. The summed E-state index contributed by atoms with van der Waals surface area (Å²) < 4.78 is 6.71. The molecular formula is C35H49NO4S. The molecular weight excluding hydrogens is 530 g/mol. The minimum atomic E-state index is -1.00. The first kappa shape index (κ1) is 31.6. The van der Waals surface area contributed by atoms with Gasteiger partial charge in [0.25, 0.3) is 5.91 Å². The lowest BCUT2D eigenvalue weighted by atomic mass is 9.80. The van der Waals surface area contributed by atoms with Crippen molar-refractivity contribution < 1.29 is 19.4 Å². The number of carbonyl (C=O) groups is 2. The molecule has 2 N–H and O–H groups in total. The molecule has 41 heavy (non-hydrogen) atoms. The van der Waals surface area contributed by atoms with Crippen LogP contribution >= 0.6 is 11.8 Å². The normalized spacial score (nSPS) is 17.4. The maximum absolute atomic E-state index is 13.4. The fourth-order valence-electron chi connectivity index (χ4n) is 6.74. The standard InChI is InChI=1S/C35H49NO4S/c1-25-11-9-10-16-30(25)32-23-28(17-18-31(32)34(37)36-33(35(38)39)19-20-41-2)24-40-29(21-26-12-5-3-6-13-26)22-27-14-7-4-8-15-27/h9-11,16-18,23,26-27,29,33H,3-8,12-15,19-22,24H2,1-2H3,(H,36,37)(H,38,39)/t33-/m0/s1. The molecule has 224 valence electrons. The summed E-state index contributed by atoms with van der Waals surface area (Å²) in [5, 5.41) is 12.5. The van der Waals surface area contributed by atoms with Crippen LogP contribution in [0.25, 0.3) is 11.1 Å². The van der Waals surface area contributed by atoms with Crippen LogP contribution in [0.1, 0.15) is 105 Å². The Bertz CT molecular complexity index is 1100. The number of hydrogen-bond donors (Lipinski definition) is 2. The van der Waals surface area contributed by atoms with E-state index in [9.17, 15) is 14.7 Å². The maximum atomic E-state index is 13.4. The number of nitrogens with one attached hydrogen (secondary N) is 1. The van der Waals surface area contributed by atoms with Gasteiger partial charge in [0.2, 0.25) is 0 Å². The van der Waals surface area contributed by atoms with Crippen LogP contribution in [-0.4, -0.2) is 41.1 Å². The van der Waals surface area contributed by atoms with Gasteiger partial charge in [0.15, 0.2) is 0 Å². The summed E-state index contributed by atoms with van der Waals surface area (Å²) >= 11 is 1.57. The molecule has 2 aliphatic rings. The fourth-order valence-corrected chi connectivity index (χ4v) is 7.21. The average Bonchev–Trinajstić information content (AvgIpc) is 2.99. The van der Waals surface area contributed by atoms with Crippen molar-refractivity contribution in [3.05, 3.63) is 59.2 Å². The van der Waals surface area contributed by atoms with Gasteiger partial charge < -0.3 is 15.2 Å². The van der Waals surface area contributed by atoms with Gasteiger partial charge in [-0.3, -0.25) is 4.79 Å². The third-order valence-corrected chi connectivity index (χ3v) is 9.75. The van der Waals surface area contributed by atoms with E-state index in [-0.39, 0.29) is 12.0 Å². The highest BCUT2D eigenvalue weighted by molar-refractivity contribution is 7.98. The van der Waals surface area contributed by atoms with Gasteiger partial charge in [-0.1, -0.05) is 94.5 Å². The lowest BCUT2D eigenvalue weighted by molar-refractivity contribution is -0.139. The van der Waals surface area contributed by atoms with E-state index in [4.69, 9.17) is 4.74 Å². The number of thioether (sulfide) groups is 1. The van der Waals surface area contributed by atoms with Crippen LogP contribution in [-0.2, 0) is 16.1 Å². The molecule has 0 unspecified atom stereocenters. The molecule has 4 rings (SSSR count). The van der Waals surface area contributed by atoms with E-state index in [2.05, 4.69) is 11.4 Å². The number of amides is 1. The molecule has 0 saturated heterocycles. The molecule has 2 aromatic rings. The van der Waals surface area contributed by atoms with E-state index in [1.807, 2.05) is 49.6 Å². The van der Waals surface area contributed by atoms with Crippen molar-refractivity contribution in [1.82, 2.24) is 5.32 Å². The monoisotopic (exact) mass is 579 g/mol. The van der Waals surface area contributed by atoms with Crippen molar-refractivity contribution in [2.45, 2.75) is 109 Å². The van der Waals surface area contributed by atoms with Gasteiger partial charge in [-0.15, -0.1) is 0 Å². The smallest absolute Gasteiger partial charge is 0.326 e. The minimum absolute atomic E-state index is 0.277. The van der Waals surface area contributed by atoms with E-state index in [0.717, 1.165) is 46.9 Å². The number of ether oxygens (including phenoxy) is 1. The van der Waals surface area contributed by atoms with E-state index in [1.165, 1.54) is 64.2 Å². The van der Waals surface area contributed by atoms with Crippen LogP contribution in [0.5, 0.6) is 0 Å².